The van der Waals surface area contributed by atoms with Crippen LogP contribution in [-0.4, -0.2) is 55.1 Å². The molecule has 0 aromatic heterocycles. The van der Waals surface area contributed by atoms with Gasteiger partial charge in [-0.1, -0.05) is 11.6 Å². The van der Waals surface area contributed by atoms with Crippen LogP contribution in [0.25, 0.3) is 0 Å². The smallest absolute Gasteiger partial charge is 0.242 e. The van der Waals surface area contributed by atoms with Crippen molar-refractivity contribution in [3.63, 3.8) is 0 Å². The first-order chi connectivity index (χ1) is 12.5. The highest BCUT2D eigenvalue weighted by Gasteiger charge is 2.34. The highest BCUT2D eigenvalue weighted by atomic mass is 35.5. The first-order valence-corrected chi connectivity index (χ1v) is 9.23. The molecule has 1 aromatic carbocycles. The van der Waals surface area contributed by atoms with Crippen LogP contribution >= 0.6 is 11.6 Å². The molecule has 0 bridgehead atoms. The van der Waals surface area contributed by atoms with E-state index in [-0.39, 0.29) is 34.9 Å². The summed E-state index contributed by atoms with van der Waals surface area (Å²) in [6.07, 6.45) is 1.03. The van der Waals surface area contributed by atoms with Crippen molar-refractivity contribution >= 4 is 29.1 Å². The van der Waals surface area contributed by atoms with Gasteiger partial charge in [-0.3, -0.25) is 9.59 Å². The van der Waals surface area contributed by atoms with E-state index >= 15 is 0 Å². The van der Waals surface area contributed by atoms with Gasteiger partial charge in [0.2, 0.25) is 11.8 Å². The van der Waals surface area contributed by atoms with E-state index in [1.807, 2.05) is 6.92 Å². The molecule has 2 aliphatic rings. The lowest BCUT2D eigenvalue weighted by Gasteiger charge is -2.37. The average molecular weight is 384 g/mol. The van der Waals surface area contributed by atoms with Crippen molar-refractivity contribution in [3.05, 3.63) is 29.0 Å². The van der Waals surface area contributed by atoms with Crippen LogP contribution < -0.4 is 10.6 Å². The number of morpholine rings is 1. The van der Waals surface area contributed by atoms with Gasteiger partial charge in [0.25, 0.3) is 0 Å². The standard InChI is InChI=1S/C18H23ClFN3O3/c1-11-16(21-6-9-26-11)18(25)23-7-4-12(5-8-23)17(24)22-13-2-3-15(20)14(19)10-13/h2-3,10-12,16,21H,4-9H2,1H3,(H,22,24)/t11-,16+/m1/s1. The number of anilines is 1. The third-order valence-electron chi connectivity index (χ3n) is 4.95. The largest absolute Gasteiger partial charge is 0.375 e. The van der Waals surface area contributed by atoms with Crippen molar-refractivity contribution in [2.45, 2.75) is 31.9 Å². The maximum absolute atomic E-state index is 13.2. The molecule has 2 atom stereocenters. The van der Waals surface area contributed by atoms with Crippen molar-refractivity contribution in [3.8, 4) is 0 Å². The number of amides is 2. The molecule has 142 valence electrons. The van der Waals surface area contributed by atoms with Gasteiger partial charge in [-0.05, 0) is 38.0 Å². The van der Waals surface area contributed by atoms with Gasteiger partial charge >= 0.3 is 0 Å². The molecule has 2 fully saturated rings. The van der Waals surface area contributed by atoms with E-state index in [1.54, 1.807) is 4.90 Å². The number of ether oxygens (including phenoxy) is 1. The van der Waals surface area contributed by atoms with Gasteiger partial charge in [0.1, 0.15) is 11.9 Å². The van der Waals surface area contributed by atoms with Crippen molar-refractivity contribution in [1.29, 1.82) is 0 Å². The first kappa shape index (κ1) is 19.1. The molecular formula is C18H23ClFN3O3. The second kappa shape index (κ2) is 8.33. The summed E-state index contributed by atoms with van der Waals surface area (Å²) in [7, 11) is 0. The fourth-order valence-electron chi connectivity index (χ4n) is 3.39. The predicted molar refractivity (Wildman–Crippen MR) is 96.5 cm³/mol. The number of benzene rings is 1. The van der Waals surface area contributed by atoms with E-state index in [0.29, 0.717) is 44.8 Å². The predicted octanol–water partition coefficient (Wildman–Crippen LogP) is 2.03. The zero-order valence-corrected chi connectivity index (χ0v) is 15.4. The number of piperidine rings is 1. The van der Waals surface area contributed by atoms with Crippen LogP contribution in [0.15, 0.2) is 18.2 Å². The van der Waals surface area contributed by atoms with Gasteiger partial charge in [-0.2, -0.15) is 0 Å². The molecule has 0 saturated carbocycles. The van der Waals surface area contributed by atoms with Crippen LogP contribution in [0.4, 0.5) is 10.1 Å². The summed E-state index contributed by atoms with van der Waals surface area (Å²) in [5.41, 5.74) is 0.470. The summed E-state index contributed by atoms with van der Waals surface area (Å²) in [6.45, 7) is 4.24. The zero-order valence-electron chi connectivity index (χ0n) is 14.6. The van der Waals surface area contributed by atoms with Crippen LogP contribution in [0.5, 0.6) is 0 Å². The van der Waals surface area contributed by atoms with E-state index in [9.17, 15) is 14.0 Å². The van der Waals surface area contributed by atoms with E-state index in [4.69, 9.17) is 16.3 Å². The molecule has 6 nitrogen and oxygen atoms in total. The third kappa shape index (κ3) is 4.34. The van der Waals surface area contributed by atoms with Gasteiger partial charge < -0.3 is 20.3 Å². The molecule has 8 heteroatoms. The summed E-state index contributed by atoms with van der Waals surface area (Å²) in [4.78, 5) is 26.8. The average Bonchev–Trinajstić information content (AvgIpc) is 2.65. The molecular weight excluding hydrogens is 361 g/mol. The number of likely N-dealkylation sites (tertiary alicyclic amines) is 1. The number of hydrogen-bond donors (Lipinski definition) is 2. The van der Waals surface area contributed by atoms with Gasteiger partial charge in [-0.15, -0.1) is 0 Å². The van der Waals surface area contributed by atoms with Crippen molar-refractivity contribution in [2.75, 3.05) is 31.6 Å². The normalized spacial score (nSPS) is 24.3. The van der Waals surface area contributed by atoms with Gasteiger partial charge in [0.05, 0.1) is 17.7 Å². The monoisotopic (exact) mass is 383 g/mol. The lowest BCUT2D eigenvalue weighted by Crippen LogP contribution is -2.57. The highest BCUT2D eigenvalue weighted by molar-refractivity contribution is 6.31. The molecule has 1 aromatic rings. The molecule has 2 N–H and O–H groups in total. The van der Waals surface area contributed by atoms with Crippen molar-refractivity contribution in [2.24, 2.45) is 5.92 Å². The van der Waals surface area contributed by atoms with E-state index in [1.165, 1.54) is 18.2 Å². The quantitative estimate of drug-likeness (QED) is 0.838. The van der Waals surface area contributed by atoms with Crippen LogP contribution in [0.2, 0.25) is 5.02 Å². The molecule has 26 heavy (non-hydrogen) atoms. The van der Waals surface area contributed by atoms with Crippen LogP contribution in [0.3, 0.4) is 0 Å². The Morgan fingerprint density at radius 3 is 2.73 bits per heavy atom. The number of halogens is 2. The van der Waals surface area contributed by atoms with Crippen LogP contribution in [-0.2, 0) is 14.3 Å². The molecule has 0 radical (unpaired) electrons. The van der Waals surface area contributed by atoms with Gasteiger partial charge in [-0.25, -0.2) is 4.39 Å². The topological polar surface area (TPSA) is 70.7 Å². The lowest BCUT2D eigenvalue weighted by atomic mass is 9.95. The maximum atomic E-state index is 13.2. The number of carbonyl (C=O) groups excluding carboxylic acids is 2. The van der Waals surface area contributed by atoms with Crippen LogP contribution in [0, 0.1) is 11.7 Å². The Hall–Kier alpha value is -1.70. The number of rotatable bonds is 3. The first-order valence-electron chi connectivity index (χ1n) is 8.85. The molecule has 0 unspecified atom stereocenters. The number of nitrogens with one attached hydrogen (secondary N) is 2. The minimum Gasteiger partial charge on any atom is -0.375 e. The summed E-state index contributed by atoms with van der Waals surface area (Å²) in [6, 6.07) is 3.77. The molecule has 0 spiro atoms. The fraction of sp³-hybridized carbons (Fsp3) is 0.556. The highest BCUT2D eigenvalue weighted by Crippen LogP contribution is 2.23. The van der Waals surface area contributed by atoms with E-state index in [2.05, 4.69) is 10.6 Å². The third-order valence-corrected chi connectivity index (χ3v) is 5.24. The maximum Gasteiger partial charge on any atom is 0.242 e. The minimum absolute atomic E-state index is 0.0282. The number of carbonyl (C=O) groups is 2. The Balaban J connectivity index is 1.52. The second-order valence-electron chi connectivity index (χ2n) is 6.73. The Morgan fingerprint density at radius 2 is 2.08 bits per heavy atom. The Morgan fingerprint density at radius 1 is 1.35 bits per heavy atom. The molecule has 2 saturated heterocycles. The fourth-order valence-corrected chi connectivity index (χ4v) is 3.57. The van der Waals surface area contributed by atoms with E-state index < -0.39 is 5.82 Å². The summed E-state index contributed by atoms with van der Waals surface area (Å²) < 4.78 is 18.7. The molecule has 3 rings (SSSR count). The molecule has 0 aliphatic carbocycles. The number of nitrogens with zero attached hydrogens (tertiary/aromatic N) is 1. The molecule has 2 aliphatic heterocycles. The Bertz CT molecular complexity index is 680. The van der Waals surface area contributed by atoms with Crippen LogP contribution in [0.1, 0.15) is 19.8 Å². The molecule has 2 heterocycles. The molecule has 2 amide bonds. The van der Waals surface area contributed by atoms with Crippen molar-refractivity contribution in [1.82, 2.24) is 10.2 Å². The summed E-state index contributed by atoms with van der Waals surface area (Å²) in [5, 5.41) is 5.94. The van der Waals surface area contributed by atoms with Gasteiger partial charge in [0, 0.05) is 31.2 Å². The summed E-state index contributed by atoms with van der Waals surface area (Å²) >= 11 is 5.74. The Labute approximate surface area is 157 Å². The van der Waals surface area contributed by atoms with Crippen molar-refractivity contribution < 1.29 is 18.7 Å². The van der Waals surface area contributed by atoms with E-state index in [0.717, 1.165) is 0 Å². The summed E-state index contributed by atoms with van der Waals surface area (Å²) in [5.74, 6) is -0.810. The number of hydrogen-bond acceptors (Lipinski definition) is 4. The SMILES string of the molecule is C[C@H]1OCCN[C@@H]1C(=O)N1CCC(C(=O)Nc2ccc(F)c(Cl)c2)CC1. The zero-order chi connectivity index (χ0) is 18.7. The second-order valence-corrected chi connectivity index (χ2v) is 7.13. The van der Waals surface area contributed by atoms with Gasteiger partial charge in [0.15, 0.2) is 0 Å². The minimum atomic E-state index is -0.522. The lowest BCUT2D eigenvalue weighted by molar-refractivity contribution is -0.142. The Kier molecular flexibility index (Phi) is 6.11.